The number of aryl methyl sites for hydroxylation is 1. The van der Waals surface area contributed by atoms with Crippen molar-refractivity contribution in [1.29, 1.82) is 0 Å². The van der Waals surface area contributed by atoms with Crippen molar-refractivity contribution in [2.75, 3.05) is 0 Å². The molecule has 72 valence electrons. The van der Waals surface area contributed by atoms with Gasteiger partial charge in [0.05, 0.1) is 0 Å². The molecule has 0 saturated heterocycles. The quantitative estimate of drug-likeness (QED) is 0.807. The SMILES string of the molecule is Cc1nnc2c(C(=O)O)cc(I)cn12. The molecule has 0 aliphatic heterocycles. The van der Waals surface area contributed by atoms with E-state index in [9.17, 15) is 4.79 Å². The first kappa shape index (κ1) is 9.38. The smallest absolute Gasteiger partial charge is 0.339 e. The molecular formula is C8H6IN3O2. The molecule has 0 amide bonds. The van der Waals surface area contributed by atoms with Crippen molar-refractivity contribution in [3.63, 3.8) is 0 Å². The highest BCUT2D eigenvalue weighted by Gasteiger charge is 2.13. The summed E-state index contributed by atoms with van der Waals surface area (Å²) in [5.41, 5.74) is 0.563. The van der Waals surface area contributed by atoms with Crippen LogP contribution in [0.2, 0.25) is 0 Å². The third-order valence-corrected chi connectivity index (χ3v) is 2.46. The standard InChI is InChI=1S/C8H6IN3O2/c1-4-10-11-7-6(8(13)14)2-5(9)3-12(4)7/h2-3H,1H3,(H,13,14). The van der Waals surface area contributed by atoms with Crippen LogP contribution in [0, 0.1) is 10.5 Å². The number of carbonyl (C=O) groups is 1. The van der Waals surface area contributed by atoms with Gasteiger partial charge in [-0.15, -0.1) is 10.2 Å². The Morgan fingerprint density at radius 1 is 1.57 bits per heavy atom. The molecule has 0 aliphatic rings. The van der Waals surface area contributed by atoms with Gasteiger partial charge in [0.15, 0.2) is 5.65 Å². The van der Waals surface area contributed by atoms with Gasteiger partial charge >= 0.3 is 5.97 Å². The number of carboxylic acid groups (broad SMARTS) is 1. The van der Waals surface area contributed by atoms with Gasteiger partial charge in [0.2, 0.25) is 0 Å². The highest BCUT2D eigenvalue weighted by Crippen LogP contribution is 2.14. The molecule has 1 N–H and O–H groups in total. The molecule has 2 aromatic heterocycles. The van der Waals surface area contributed by atoms with Crippen molar-refractivity contribution >= 4 is 34.2 Å². The molecular weight excluding hydrogens is 297 g/mol. The van der Waals surface area contributed by atoms with Crippen LogP contribution in [0.4, 0.5) is 0 Å². The summed E-state index contributed by atoms with van der Waals surface area (Å²) >= 11 is 2.06. The maximum atomic E-state index is 10.9. The average Bonchev–Trinajstić information content (AvgIpc) is 2.47. The van der Waals surface area contributed by atoms with Crippen LogP contribution in [0.25, 0.3) is 5.65 Å². The van der Waals surface area contributed by atoms with Gasteiger partial charge in [-0.3, -0.25) is 4.40 Å². The zero-order valence-electron chi connectivity index (χ0n) is 7.23. The van der Waals surface area contributed by atoms with Crippen molar-refractivity contribution in [1.82, 2.24) is 14.6 Å². The van der Waals surface area contributed by atoms with E-state index < -0.39 is 5.97 Å². The molecule has 0 aromatic carbocycles. The lowest BCUT2D eigenvalue weighted by molar-refractivity contribution is 0.0698. The highest BCUT2D eigenvalue weighted by atomic mass is 127. The van der Waals surface area contributed by atoms with Gasteiger partial charge in [-0.2, -0.15) is 0 Å². The van der Waals surface area contributed by atoms with Crippen LogP contribution in [0.5, 0.6) is 0 Å². The Labute approximate surface area is 92.9 Å². The Balaban J connectivity index is 2.88. The van der Waals surface area contributed by atoms with Crippen molar-refractivity contribution in [3.8, 4) is 0 Å². The number of hydrogen-bond acceptors (Lipinski definition) is 3. The molecule has 0 fully saturated rings. The fraction of sp³-hybridized carbons (Fsp3) is 0.125. The highest BCUT2D eigenvalue weighted by molar-refractivity contribution is 14.1. The van der Waals surface area contributed by atoms with E-state index in [-0.39, 0.29) is 5.56 Å². The topological polar surface area (TPSA) is 67.5 Å². The molecule has 0 saturated carbocycles. The number of carboxylic acids is 1. The molecule has 0 spiro atoms. The molecule has 2 aromatic rings. The lowest BCUT2D eigenvalue weighted by Crippen LogP contribution is -2.02. The van der Waals surface area contributed by atoms with E-state index in [2.05, 4.69) is 32.8 Å². The molecule has 5 nitrogen and oxygen atoms in total. The van der Waals surface area contributed by atoms with Gasteiger partial charge in [-0.25, -0.2) is 4.79 Å². The summed E-state index contributed by atoms with van der Waals surface area (Å²) in [5, 5.41) is 16.6. The Kier molecular flexibility index (Phi) is 2.14. The monoisotopic (exact) mass is 303 g/mol. The molecule has 6 heteroatoms. The average molecular weight is 303 g/mol. The molecule has 0 unspecified atom stereocenters. The van der Waals surface area contributed by atoms with Crippen molar-refractivity contribution in [3.05, 3.63) is 27.2 Å². The normalized spacial score (nSPS) is 10.7. The van der Waals surface area contributed by atoms with E-state index in [1.807, 2.05) is 0 Å². The maximum absolute atomic E-state index is 10.9. The summed E-state index contributed by atoms with van der Waals surface area (Å²) in [6.07, 6.45) is 1.80. The largest absolute Gasteiger partial charge is 0.478 e. The Morgan fingerprint density at radius 3 is 2.93 bits per heavy atom. The van der Waals surface area contributed by atoms with E-state index in [1.54, 1.807) is 23.6 Å². The third-order valence-electron chi connectivity index (χ3n) is 1.87. The summed E-state index contributed by atoms with van der Waals surface area (Å²) in [5.74, 6) is -0.304. The Morgan fingerprint density at radius 2 is 2.29 bits per heavy atom. The zero-order valence-corrected chi connectivity index (χ0v) is 9.39. The molecule has 0 bridgehead atoms. The summed E-state index contributed by atoms with van der Waals surface area (Å²) in [7, 11) is 0. The van der Waals surface area contributed by atoms with Gasteiger partial charge in [-0.1, -0.05) is 0 Å². The van der Waals surface area contributed by atoms with Gasteiger partial charge in [0, 0.05) is 9.77 Å². The van der Waals surface area contributed by atoms with E-state index in [1.165, 1.54) is 0 Å². The fourth-order valence-corrected chi connectivity index (χ4v) is 1.82. The lowest BCUT2D eigenvalue weighted by atomic mass is 10.3. The number of aromatic nitrogens is 3. The number of halogens is 1. The van der Waals surface area contributed by atoms with Gasteiger partial charge < -0.3 is 5.11 Å². The second kappa shape index (κ2) is 3.19. The first-order valence-electron chi connectivity index (χ1n) is 3.84. The minimum absolute atomic E-state index is 0.178. The number of aromatic carboxylic acids is 1. The summed E-state index contributed by atoms with van der Waals surface area (Å²) < 4.78 is 2.51. The van der Waals surface area contributed by atoms with Crippen LogP contribution >= 0.6 is 22.6 Å². The van der Waals surface area contributed by atoms with Crippen LogP contribution in [0.3, 0.4) is 0 Å². The van der Waals surface area contributed by atoms with Crippen LogP contribution < -0.4 is 0 Å². The number of pyridine rings is 1. The molecule has 2 heterocycles. The summed E-state index contributed by atoms with van der Waals surface area (Å²) in [4.78, 5) is 10.9. The van der Waals surface area contributed by atoms with Crippen LogP contribution in [0.15, 0.2) is 12.3 Å². The minimum Gasteiger partial charge on any atom is -0.478 e. The van der Waals surface area contributed by atoms with Gasteiger partial charge in [-0.05, 0) is 35.6 Å². The van der Waals surface area contributed by atoms with Gasteiger partial charge in [0.25, 0.3) is 0 Å². The van der Waals surface area contributed by atoms with Crippen molar-refractivity contribution in [2.24, 2.45) is 0 Å². The molecule has 0 atom stereocenters. The van der Waals surface area contributed by atoms with Crippen molar-refractivity contribution in [2.45, 2.75) is 6.92 Å². The first-order valence-corrected chi connectivity index (χ1v) is 4.91. The van der Waals surface area contributed by atoms with Crippen LogP contribution in [-0.4, -0.2) is 25.7 Å². The van der Waals surface area contributed by atoms with Crippen LogP contribution in [-0.2, 0) is 0 Å². The van der Waals surface area contributed by atoms with E-state index in [4.69, 9.17) is 5.11 Å². The van der Waals surface area contributed by atoms with E-state index in [0.29, 0.717) is 11.5 Å². The van der Waals surface area contributed by atoms with Crippen LogP contribution in [0.1, 0.15) is 16.2 Å². The van der Waals surface area contributed by atoms with Gasteiger partial charge in [0.1, 0.15) is 11.4 Å². The second-order valence-electron chi connectivity index (χ2n) is 2.82. The zero-order chi connectivity index (χ0) is 10.3. The fourth-order valence-electron chi connectivity index (χ4n) is 1.23. The summed E-state index contributed by atoms with van der Waals surface area (Å²) in [6.45, 7) is 1.78. The van der Waals surface area contributed by atoms with E-state index in [0.717, 1.165) is 3.57 Å². The molecule has 0 aliphatic carbocycles. The lowest BCUT2D eigenvalue weighted by Gasteiger charge is -1.99. The number of hydrogen-bond donors (Lipinski definition) is 1. The minimum atomic E-state index is -0.985. The predicted octanol–water partition coefficient (Wildman–Crippen LogP) is 1.34. The molecule has 2 rings (SSSR count). The number of fused-ring (bicyclic) bond motifs is 1. The predicted molar refractivity (Wildman–Crippen MR) is 57.4 cm³/mol. The number of rotatable bonds is 1. The first-order chi connectivity index (χ1) is 6.59. The second-order valence-corrected chi connectivity index (χ2v) is 4.06. The molecule has 0 radical (unpaired) electrons. The van der Waals surface area contributed by atoms with Crippen molar-refractivity contribution < 1.29 is 9.90 Å². The Hall–Kier alpha value is -1.18. The Bertz CT molecular complexity index is 521. The van der Waals surface area contributed by atoms with E-state index >= 15 is 0 Å². The number of nitrogens with zero attached hydrogens (tertiary/aromatic N) is 3. The molecule has 14 heavy (non-hydrogen) atoms. The third kappa shape index (κ3) is 1.35. The maximum Gasteiger partial charge on any atom is 0.339 e. The summed E-state index contributed by atoms with van der Waals surface area (Å²) in [6, 6.07) is 1.58.